The van der Waals surface area contributed by atoms with Gasteiger partial charge < -0.3 is 0 Å². The molecule has 0 spiro atoms. The van der Waals surface area contributed by atoms with Crippen LogP contribution in [0.2, 0.25) is 0 Å². The van der Waals surface area contributed by atoms with E-state index in [1.807, 2.05) is 0 Å². The van der Waals surface area contributed by atoms with E-state index < -0.39 is 0 Å². The van der Waals surface area contributed by atoms with Crippen molar-refractivity contribution < 1.29 is 0 Å². The minimum Gasteiger partial charge on any atom is -0.0622 e. The van der Waals surface area contributed by atoms with Gasteiger partial charge in [0.2, 0.25) is 0 Å². The lowest BCUT2D eigenvalue weighted by Crippen LogP contribution is -1.93. The summed E-state index contributed by atoms with van der Waals surface area (Å²) in [5, 5.41) is 15.0. The second kappa shape index (κ2) is 15.6. The Kier molecular flexibility index (Phi) is 8.96. The Balaban J connectivity index is 1.04. The normalized spacial score (nSPS) is 11.6. The highest BCUT2D eigenvalue weighted by Gasteiger charge is 2.21. The van der Waals surface area contributed by atoms with E-state index in [0.717, 1.165) is 0 Å². The summed E-state index contributed by atoms with van der Waals surface area (Å²) >= 11 is 0. The Morgan fingerprint density at radius 3 is 0.742 bits per heavy atom. The van der Waals surface area contributed by atoms with Gasteiger partial charge in [0.25, 0.3) is 0 Å². The molecule has 13 aromatic rings. The molecule has 0 fully saturated rings. The maximum Gasteiger partial charge on any atom is -0.00201 e. The third-order valence-electron chi connectivity index (χ3n) is 13.8. The van der Waals surface area contributed by atoms with Gasteiger partial charge in [-0.05, 0) is 144 Å². The van der Waals surface area contributed by atoms with E-state index in [1.165, 1.54) is 131 Å². The van der Waals surface area contributed by atoms with Crippen LogP contribution >= 0.6 is 0 Å². The van der Waals surface area contributed by atoms with Crippen LogP contribution < -0.4 is 0 Å². The van der Waals surface area contributed by atoms with E-state index in [-0.39, 0.29) is 0 Å². The monoisotopic (exact) mass is 834 g/mol. The second-order valence-corrected chi connectivity index (χ2v) is 17.4. The first-order valence-corrected chi connectivity index (χ1v) is 22.9. The van der Waals surface area contributed by atoms with Crippen LogP contribution in [0.4, 0.5) is 0 Å². The molecule has 0 heterocycles. The molecule has 0 atom stereocenters. The fourth-order valence-corrected chi connectivity index (χ4v) is 11.0. The van der Waals surface area contributed by atoms with E-state index in [2.05, 4.69) is 255 Å². The molecule has 0 nitrogen and oxygen atoms in total. The zero-order valence-electron chi connectivity index (χ0n) is 36.2. The van der Waals surface area contributed by atoms with Crippen molar-refractivity contribution in [2.45, 2.75) is 0 Å². The predicted octanol–water partition coefficient (Wildman–Crippen LogP) is 18.6. The molecule has 66 heavy (non-hydrogen) atoms. The molecule has 306 valence electrons. The average molecular weight is 835 g/mol. The Labute approximate surface area is 384 Å². The molecule has 0 radical (unpaired) electrons. The molecule has 0 bridgehead atoms. The first kappa shape index (κ1) is 37.9. The van der Waals surface area contributed by atoms with E-state index in [0.29, 0.717) is 0 Å². The van der Waals surface area contributed by atoms with Crippen molar-refractivity contribution in [3.63, 3.8) is 0 Å². The third kappa shape index (κ3) is 6.07. The molecular formula is C66H42. The lowest BCUT2D eigenvalue weighted by molar-refractivity contribution is 1.61. The molecule has 0 aromatic heterocycles. The Hall–Kier alpha value is -8.58. The quantitative estimate of drug-likeness (QED) is 0.116. The van der Waals surface area contributed by atoms with Crippen LogP contribution in [0.25, 0.3) is 131 Å². The molecule has 0 aliphatic heterocycles. The summed E-state index contributed by atoms with van der Waals surface area (Å²) in [4.78, 5) is 0. The molecule has 0 saturated heterocycles. The molecule has 0 aliphatic rings. The van der Waals surface area contributed by atoms with Crippen LogP contribution in [0.15, 0.2) is 255 Å². The van der Waals surface area contributed by atoms with Gasteiger partial charge in [0.05, 0.1) is 0 Å². The van der Waals surface area contributed by atoms with E-state index in [9.17, 15) is 0 Å². The zero-order valence-corrected chi connectivity index (χ0v) is 36.2. The van der Waals surface area contributed by atoms with E-state index in [1.54, 1.807) is 0 Å². The van der Waals surface area contributed by atoms with Gasteiger partial charge in [-0.25, -0.2) is 0 Å². The minimum atomic E-state index is 1.22. The van der Waals surface area contributed by atoms with Gasteiger partial charge >= 0.3 is 0 Å². The van der Waals surface area contributed by atoms with Gasteiger partial charge in [-0.1, -0.05) is 243 Å². The highest BCUT2D eigenvalue weighted by Crippen LogP contribution is 2.49. The van der Waals surface area contributed by atoms with Crippen molar-refractivity contribution in [2.24, 2.45) is 0 Å². The highest BCUT2D eigenvalue weighted by molar-refractivity contribution is 6.25. The molecule has 0 aliphatic carbocycles. The second-order valence-electron chi connectivity index (χ2n) is 17.4. The largest absolute Gasteiger partial charge is 0.0622 e. The van der Waals surface area contributed by atoms with Crippen LogP contribution in [0.3, 0.4) is 0 Å². The van der Waals surface area contributed by atoms with Crippen LogP contribution in [0, 0.1) is 0 Å². The fraction of sp³-hybridized carbons (Fsp3) is 0. The molecular weight excluding hydrogens is 793 g/mol. The van der Waals surface area contributed by atoms with Crippen molar-refractivity contribution in [1.82, 2.24) is 0 Å². The predicted molar refractivity (Wildman–Crippen MR) is 284 cm³/mol. The lowest BCUT2D eigenvalue weighted by atomic mass is 9.83. The summed E-state index contributed by atoms with van der Waals surface area (Å²) in [7, 11) is 0. The molecule has 0 heteroatoms. The number of hydrogen-bond donors (Lipinski definition) is 0. The van der Waals surface area contributed by atoms with Crippen molar-refractivity contribution in [2.75, 3.05) is 0 Å². The van der Waals surface area contributed by atoms with Crippen LogP contribution in [0.1, 0.15) is 0 Å². The molecule has 13 rings (SSSR count). The van der Waals surface area contributed by atoms with E-state index in [4.69, 9.17) is 0 Å². The fourth-order valence-electron chi connectivity index (χ4n) is 11.0. The lowest BCUT2D eigenvalue weighted by Gasteiger charge is -2.20. The van der Waals surface area contributed by atoms with E-state index >= 15 is 0 Å². The standard InChI is InChI=1S/C66H42/c1-3-19-43(20-4-1)49-23-7-9-25-51(49)65-57-31-15-11-27-53(57)63(54-28-12-16-32-58(54)65)47-39-37-45-35-36-46-38-40-48(42-62(46)61(45)41-47)64-55-29-13-17-33-59(55)66(60-34-18-14-30-56(60)64)52-26-10-8-24-50(52)44-21-5-2-6-22-44/h1-42H. The summed E-state index contributed by atoms with van der Waals surface area (Å²) in [6.07, 6.45) is 0. The Morgan fingerprint density at radius 2 is 0.409 bits per heavy atom. The number of hydrogen-bond acceptors (Lipinski definition) is 0. The number of benzene rings is 13. The van der Waals surface area contributed by atoms with Gasteiger partial charge in [0.15, 0.2) is 0 Å². The summed E-state index contributed by atoms with van der Waals surface area (Å²) < 4.78 is 0. The van der Waals surface area contributed by atoms with Crippen LogP contribution in [-0.4, -0.2) is 0 Å². The summed E-state index contributed by atoms with van der Waals surface area (Å²) in [6, 6.07) is 94.1. The van der Waals surface area contributed by atoms with Crippen molar-refractivity contribution >= 4 is 64.6 Å². The van der Waals surface area contributed by atoms with Crippen LogP contribution in [-0.2, 0) is 0 Å². The average Bonchev–Trinajstić information content (AvgIpc) is 3.39. The maximum absolute atomic E-state index is 2.45. The topological polar surface area (TPSA) is 0 Å². The first-order chi connectivity index (χ1) is 32.8. The molecule has 13 aromatic carbocycles. The number of fused-ring (bicyclic) bond motifs is 7. The first-order valence-electron chi connectivity index (χ1n) is 22.9. The third-order valence-corrected chi connectivity index (χ3v) is 13.8. The van der Waals surface area contributed by atoms with Gasteiger partial charge in [-0.15, -0.1) is 0 Å². The highest BCUT2D eigenvalue weighted by atomic mass is 14.2. The van der Waals surface area contributed by atoms with Crippen molar-refractivity contribution in [3.05, 3.63) is 255 Å². The van der Waals surface area contributed by atoms with Crippen molar-refractivity contribution in [3.8, 4) is 66.8 Å². The number of rotatable bonds is 6. The Bertz CT molecular complexity index is 3650. The molecule has 0 unspecified atom stereocenters. The molecule has 0 amide bonds. The van der Waals surface area contributed by atoms with Gasteiger partial charge in [-0.3, -0.25) is 0 Å². The SMILES string of the molecule is c1ccc(-c2ccccc2-c2c3ccccc3c(-c3ccc4ccc5ccc(-c6c7ccccc7c(-c7ccccc7-c7ccccc7)c7ccccc67)cc5c4c3)c3ccccc23)cc1. The summed E-state index contributed by atoms with van der Waals surface area (Å²) in [6.45, 7) is 0. The smallest absolute Gasteiger partial charge is 0.00201 e. The Morgan fingerprint density at radius 1 is 0.152 bits per heavy atom. The zero-order chi connectivity index (χ0) is 43.6. The molecule has 0 saturated carbocycles. The molecule has 0 N–H and O–H groups in total. The van der Waals surface area contributed by atoms with Gasteiger partial charge in [-0.2, -0.15) is 0 Å². The van der Waals surface area contributed by atoms with Crippen molar-refractivity contribution in [1.29, 1.82) is 0 Å². The van der Waals surface area contributed by atoms with Gasteiger partial charge in [0, 0.05) is 0 Å². The summed E-state index contributed by atoms with van der Waals surface area (Å²) in [5.41, 5.74) is 14.9. The van der Waals surface area contributed by atoms with Gasteiger partial charge in [0.1, 0.15) is 0 Å². The summed E-state index contributed by atoms with van der Waals surface area (Å²) in [5.74, 6) is 0. The van der Waals surface area contributed by atoms with Crippen LogP contribution in [0.5, 0.6) is 0 Å². The maximum atomic E-state index is 2.45. The minimum absolute atomic E-state index is 1.22.